The van der Waals surface area contributed by atoms with Crippen molar-refractivity contribution in [3.63, 3.8) is 0 Å². The maximum atomic E-state index is 10.9. The van der Waals surface area contributed by atoms with E-state index in [0.717, 1.165) is 11.3 Å². The van der Waals surface area contributed by atoms with Crippen molar-refractivity contribution in [2.24, 2.45) is 0 Å². The standard InChI is InChI=1S/C17H20N4O2S/c1-12-6-5-8-14(13(12)2)20-17(24)19-11-10-18-15-7-3-4-9-16(15)21(22)23/h3-9,18H,10-11H2,1-2H3,(H2,19,20,24). The molecule has 2 rings (SSSR count). The number of nitro benzene ring substituents is 1. The van der Waals surface area contributed by atoms with Crippen LogP contribution >= 0.6 is 12.2 Å². The Morgan fingerprint density at radius 3 is 2.54 bits per heavy atom. The minimum absolute atomic E-state index is 0.0635. The van der Waals surface area contributed by atoms with Gasteiger partial charge in [-0.15, -0.1) is 0 Å². The van der Waals surface area contributed by atoms with E-state index in [9.17, 15) is 10.1 Å². The molecule has 0 heterocycles. The molecule has 2 aromatic carbocycles. The van der Waals surface area contributed by atoms with Gasteiger partial charge in [0.2, 0.25) is 0 Å². The molecule has 6 nitrogen and oxygen atoms in total. The molecule has 126 valence electrons. The Morgan fingerprint density at radius 2 is 1.79 bits per heavy atom. The SMILES string of the molecule is Cc1cccc(NC(=S)NCCNc2ccccc2[N+](=O)[O-])c1C. The summed E-state index contributed by atoms with van der Waals surface area (Å²) in [6.07, 6.45) is 0. The van der Waals surface area contributed by atoms with Gasteiger partial charge in [0, 0.05) is 24.8 Å². The van der Waals surface area contributed by atoms with Gasteiger partial charge in [-0.3, -0.25) is 10.1 Å². The average molecular weight is 344 g/mol. The summed E-state index contributed by atoms with van der Waals surface area (Å²) in [7, 11) is 0. The first-order chi connectivity index (χ1) is 11.5. The number of aryl methyl sites for hydroxylation is 1. The zero-order chi connectivity index (χ0) is 17.5. The molecule has 0 saturated heterocycles. The summed E-state index contributed by atoms with van der Waals surface area (Å²) in [6, 6.07) is 12.6. The van der Waals surface area contributed by atoms with Crippen molar-refractivity contribution >= 4 is 34.4 Å². The van der Waals surface area contributed by atoms with Crippen molar-refractivity contribution < 1.29 is 4.92 Å². The highest BCUT2D eigenvalue weighted by atomic mass is 32.1. The van der Waals surface area contributed by atoms with Gasteiger partial charge in [0.05, 0.1) is 4.92 Å². The van der Waals surface area contributed by atoms with E-state index in [1.165, 1.54) is 11.6 Å². The van der Waals surface area contributed by atoms with E-state index in [2.05, 4.69) is 16.0 Å². The smallest absolute Gasteiger partial charge is 0.292 e. The van der Waals surface area contributed by atoms with Crippen LogP contribution in [0.1, 0.15) is 11.1 Å². The molecule has 0 spiro atoms. The normalized spacial score (nSPS) is 10.1. The maximum Gasteiger partial charge on any atom is 0.292 e. The van der Waals surface area contributed by atoms with Gasteiger partial charge in [0.15, 0.2) is 5.11 Å². The lowest BCUT2D eigenvalue weighted by Crippen LogP contribution is -2.32. The van der Waals surface area contributed by atoms with Crippen molar-refractivity contribution in [3.8, 4) is 0 Å². The van der Waals surface area contributed by atoms with E-state index in [1.54, 1.807) is 18.2 Å². The van der Waals surface area contributed by atoms with Gasteiger partial charge in [-0.25, -0.2) is 0 Å². The van der Waals surface area contributed by atoms with E-state index in [0.29, 0.717) is 23.9 Å². The molecule has 0 atom stereocenters. The fourth-order valence-electron chi connectivity index (χ4n) is 2.21. The third-order valence-electron chi connectivity index (χ3n) is 3.68. The third kappa shape index (κ3) is 4.66. The number of rotatable bonds is 6. The summed E-state index contributed by atoms with van der Waals surface area (Å²) in [5.41, 5.74) is 3.88. The predicted molar refractivity (Wildman–Crippen MR) is 102 cm³/mol. The average Bonchev–Trinajstić information content (AvgIpc) is 2.56. The third-order valence-corrected chi connectivity index (χ3v) is 3.93. The first-order valence-corrected chi connectivity index (χ1v) is 7.98. The highest BCUT2D eigenvalue weighted by Gasteiger charge is 2.11. The number of nitrogens with one attached hydrogen (secondary N) is 3. The number of thiocarbonyl (C=S) groups is 1. The van der Waals surface area contributed by atoms with E-state index in [4.69, 9.17) is 12.2 Å². The molecule has 0 fully saturated rings. The molecule has 0 aliphatic rings. The topological polar surface area (TPSA) is 79.2 Å². The monoisotopic (exact) mass is 344 g/mol. The number of anilines is 2. The lowest BCUT2D eigenvalue weighted by atomic mass is 10.1. The number of nitro groups is 1. The van der Waals surface area contributed by atoms with Gasteiger partial charge in [-0.2, -0.15) is 0 Å². The van der Waals surface area contributed by atoms with Crippen molar-refractivity contribution in [1.82, 2.24) is 5.32 Å². The van der Waals surface area contributed by atoms with Crippen molar-refractivity contribution in [1.29, 1.82) is 0 Å². The van der Waals surface area contributed by atoms with Gasteiger partial charge in [0.1, 0.15) is 5.69 Å². The van der Waals surface area contributed by atoms with Crippen molar-refractivity contribution in [3.05, 3.63) is 63.7 Å². The fraction of sp³-hybridized carbons (Fsp3) is 0.235. The first-order valence-electron chi connectivity index (χ1n) is 7.57. The number of hydrogen-bond acceptors (Lipinski definition) is 4. The molecule has 7 heteroatoms. The zero-order valence-corrected chi connectivity index (χ0v) is 14.4. The summed E-state index contributed by atoms with van der Waals surface area (Å²) in [6.45, 7) is 5.15. The second-order valence-corrected chi connectivity index (χ2v) is 5.74. The predicted octanol–water partition coefficient (Wildman–Crippen LogP) is 3.61. The molecule has 0 aromatic heterocycles. The van der Waals surface area contributed by atoms with E-state index < -0.39 is 4.92 Å². The van der Waals surface area contributed by atoms with E-state index in [1.807, 2.05) is 32.0 Å². The molecule has 3 N–H and O–H groups in total. The van der Waals surface area contributed by atoms with Crippen LogP contribution in [0.25, 0.3) is 0 Å². The van der Waals surface area contributed by atoms with Crippen LogP contribution in [0.2, 0.25) is 0 Å². The molecular weight excluding hydrogens is 324 g/mol. The van der Waals surface area contributed by atoms with Gasteiger partial charge < -0.3 is 16.0 Å². The van der Waals surface area contributed by atoms with E-state index in [-0.39, 0.29) is 5.69 Å². The van der Waals surface area contributed by atoms with Gasteiger partial charge in [0.25, 0.3) is 5.69 Å². The van der Waals surface area contributed by atoms with Crippen LogP contribution in [-0.4, -0.2) is 23.1 Å². The molecule has 0 saturated carbocycles. The highest BCUT2D eigenvalue weighted by molar-refractivity contribution is 7.80. The Hall–Kier alpha value is -2.67. The van der Waals surface area contributed by atoms with Crippen LogP contribution in [0.3, 0.4) is 0 Å². The molecule has 0 radical (unpaired) electrons. The molecule has 0 aliphatic carbocycles. The second-order valence-electron chi connectivity index (χ2n) is 5.33. The van der Waals surface area contributed by atoms with Crippen LogP contribution < -0.4 is 16.0 Å². The van der Waals surface area contributed by atoms with Crippen LogP contribution in [0.5, 0.6) is 0 Å². The molecule has 24 heavy (non-hydrogen) atoms. The Morgan fingerprint density at radius 1 is 1.08 bits per heavy atom. The van der Waals surface area contributed by atoms with Gasteiger partial charge in [-0.1, -0.05) is 24.3 Å². The van der Waals surface area contributed by atoms with Crippen molar-refractivity contribution in [2.75, 3.05) is 23.7 Å². The lowest BCUT2D eigenvalue weighted by Gasteiger charge is -2.14. The van der Waals surface area contributed by atoms with Crippen LogP contribution in [0, 0.1) is 24.0 Å². The summed E-state index contributed by atoms with van der Waals surface area (Å²) in [5, 5.41) is 20.8. The van der Waals surface area contributed by atoms with E-state index >= 15 is 0 Å². The zero-order valence-electron chi connectivity index (χ0n) is 13.6. The number of para-hydroxylation sites is 2. The highest BCUT2D eigenvalue weighted by Crippen LogP contribution is 2.22. The number of hydrogen-bond donors (Lipinski definition) is 3. The quantitative estimate of drug-likeness (QED) is 0.321. The molecule has 0 amide bonds. The Balaban J connectivity index is 1.81. The Bertz CT molecular complexity index is 749. The minimum Gasteiger partial charge on any atom is -0.378 e. The summed E-state index contributed by atoms with van der Waals surface area (Å²) < 4.78 is 0. The summed E-state index contributed by atoms with van der Waals surface area (Å²) in [4.78, 5) is 10.5. The molecule has 0 aliphatic heterocycles. The number of benzene rings is 2. The van der Waals surface area contributed by atoms with Crippen molar-refractivity contribution in [2.45, 2.75) is 13.8 Å². The molecule has 0 unspecified atom stereocenters. The molecule has 2 aromatic rings. The molecule has 0 bridgehead atoms. The second kappa shape index (κ2) is 8.26. The lowest BCUT2D eigenvalue weighted by molar-refractivity contribution is -0.384. The number of nitrogens with zero attached hydrogens (tertiary/aromatic N) is 1. The van der Waals surface area contributed by atoms with Crippen LogP contribution in [0.4, 0.5) is 17.1 Å². The van der Waals surface area contributed by atoms with Gasteiger partial charge in [-0.05, 0) is 49.3 Å². The largest absolute Gasteiger partial charge is 0.378 e. The Labute approximate surface area is 146 Å². The maximum absolute atomic E-state index is 10.9. The fourth-order valence-corrected chi connectivity index (χ4v) is 2.42. The Kier molecular flexibility index (Phi) is 6.08. The molecular formula is C17H20N4O2S. The van der Waals surface area contributed by atoms with Crippen LogP contribution in [-0.2, 0) is 0 Å². The van der Waals surface area contributed by atoms with Crippen LogP contribution in [0.15, 0.2) is 42.5 Å². The minimum atomic E-state index is -0.400. The first kappa shape index (κ1) is 17.7. The van der Waals surface area contributed by atoms with Gasteiger partial charge >= 0.3 is 0 Å². The summed E-state index contributed by atoms with van der Waals surface area (Å²) in [5.74, 6) is 0. The summed E-state index contributed by atoms with van der Waals surface area (Å²) >= 11 is 5.28.